The number of aliphatic carboxylic acids is 2. The molecular weight excluding hydrogens is 438 g/mol. The molecule has 1 aliphatic rings. The van der Waals surface area contributed by atoms with Crippen LogP contribution in [-0.4, -0.2) is 88.6 Å². The Kier molecular flexibility index (Phi) is 13.1. The van der Waals surface area contributed by atoms with Gasteiger partial charge in [-0.05, 0) is 37.6 Å². The minimum absolute atomic E-state index is 0.796. The van der Waals surface area contributed by atoms with Crippen molar-refractivity contribution in [3.63, 3.8) is 0 Å². The number of hydrogen-bond acceptors (Lipinski definition) is 8. The molecule has 1 aliphatic carbocycles. The summed E-state index contributed by atoms with van der Waals surface area (Å²) >= 11 is 1.90. The quantitative estimate of drug-likeness (QED) is 0.354. The molecule has 2 atom stereocenters. The molecular formula is C22H35NO8S. The number of aliphatic hydroxyl groups is 2. The van der Waals surface area contributed by atoms with Crippen LogP contribution in [0.25, 0.3) is 0 Å². The number of hydrogen-bond donors (Lipinski definition) is 4. The van der Waals surface area contributed by atoms with E-state index < -0.39 is 24.1 Å². The number of methoxy groups -OCH3 is 2. The first-order valence-electron chi connectivity index (χ1n) is 10.7. The van der Waals surface area contributed by atoms with E-state index in [-0.39, 0.29) is 0 Å². The highest BCUT2D eigenvalue weighted by molar-refractivity contribution is 7.99. The van der Waals surface area contributed by atoms with Crippen molar-refractivity contribution in [3.05, 3.63) is 18.2 Å². The van der Waals surface area contributed by atoms with E-state index in [1.165, 1.54) is 43.5 Å². The van der Waals surface area contributed by atoms with Crippen LogP contribution in [-0.2, 0) is 9.59 Å². The van der Waals surface area contributed by atoms with Gasteiger partial charge in [0, 0.05) is 23.2 Å². The van der Waals surface area contributed by atoms with E-state index in [4.69, 9.17) is 29.9 Å². The summed E-state index contributed by atoms with van der Waals surface area (Å²) in [7, 11) is 3.36. The average Bonchev–Trinajstić information content (AvgIpc) is 2.81. The lowest BCUT2D eigenvalue weighted by Crippen LogP contribution is -2.39. The largest absolute Gasteiger partial charge is 0.493 e. The highest BCUT2D eigenvalue weighted by Gasteiger charge is 2.29. The monoisotopic (exact) mass is 473 g/mol. The standard InChI is InChI=1S/C18H29NO2S.C4H6O6/c1-4-19(15-8-6-5-7-9-15)12-13-22-16-10-11-17(20-2)18(14-16)21-3;5-1(3(7)8)2(6)4(9)10/h10-11,14-15H,4-9,12-13H2,1-3H3;1-2,5-6H,(H,7,8)(H,9,10). The van der Waals surface area contributed by atoms with Crippen LogP contribution in [0.4, 0.5) is 0 Å². The molecule has 0 aromatic heterocycles. The summed E-state index contributed by atoms with van der Waals surface area (Å²) in [6, 6.07) is 6.98. The molecule has 1 aromatic carbocycles. The van der Waals surface area contributed by atoms with Crippen molar-refractivity contribution in [2.75, 3.05) is 33.1 Å². The average molecular weight is 474 g/mol. The third kappa shape index (κ3) is 9.23. The molecule has 4 N–H and O–H groups in total. The summed E-state index contributed by atoms with van der Waals surface area (Å²) in [6.07, 6.45) is 2.47. The van der Waals surface area contributed by atoms with Gasteiger partial charge >= 0.3 is 11.9 Å². The van der Waals surface area contributed by atoms with Gasteiger partial charge < -0.3 is 29.9 Å². The smallest absolute Gasteiger partial charge is 0.335 e. The van der Waals surface area contributed by atoms with Crippen molar-refractivity contribution in [1.29, 1.82) is 0 Å². The van der Waals surface area contributed by atoms with Crippen molar-refractivity contribution in [2.45, 2.75) is 62.2 Å². The lowest BCUT2D eigenvalue weighted by Gasteiger charge is -2.33. The Morgan fingerprint density at radius 1 is 1.03 bits per heavy atom. The molecule has 0 bridgehead atoms. The number of aliphatic hydroxyl groups excluding tert-OH is 2. The van der Waals surface area contributed by atoms with Gasteiger partial charge in [0.15, 0.2) is 23.7 Å². The maximum absolute atomic E-state index is 9.77. The number of thioether (sulfide) groups is 1. The van der Waals surface area contributed by atoms with Gasteiger partial charge in [0.05, 0.1) is 14.2 Å². The van der Waals surface area contributed by atoms with Gasteiger partial charge in [-0.25, -0.2) is 9.59 Å². The van der Waals surface area contributed by atoms with Gasteiger partial charge in [-0.1, -0.05) is 26.2 Å². The van der Waals surface area contributed by atoms with Gasteiger partial charge in [0.25, 0.3) is 0 Å². The summed E-state index contributed by atoms with van der Waals surface area (Å²) < 4.78 is 10.7. The summed E-state index contributed by atoms with van der Waals surface area (Å²) in [5.74, 6) is -0.805. The minimum atomic E-state index is -2.27. The first kappa shape index (κ1) is 28.0. The predicted molar refractivity (Wildman–Crippen MR) is 122 cm³/mol. The Balaban J connectivity index is 0.000000433. The number of nitrogens with zero attached hydrogens (tertiary/aromatic N) is 1. The van der Waals surface area contributed by atoms with Gasteiger partial charge in [0.1, 0.15) is 0 Å². The van der Waals surface area contributed by atoms with Gasteiger partial charge in [-0.3, -0.25) is 4.90 Å². The van der Waals surface area contributed by atoms with Crippen molar-refractivity contribution in [1.82, 2.24) is 4.90 Å². The van der Waals surface area contributed by atoms with Crippen LogP contribution >= 0.6 is 11.8 Å². The topological polar surface area (TPSA) is 137 Å². The second-order valence-electron chi connectivity index (χ2n) is 7.35. The highest BCUT2D eigenvalue weighted by atomic mass is 32.2. The van der Waals surface area contributed by atoms with Crippen LogP contribution in [0.5, 0.6) is 11.5 Å². The highest BCUT2D eigenvalue weighted by Crippen LogP contribution is 2.32. The van der Waals surface area contributed by atoms with Crippen LogP contribution < -0.4 is 9.47 Å². The maximum atomic E-state index is 9.77. The molecule has 1 aromatic rings. The molecule has 0 aliphatic heterocycles. The summed E-state index contributed by atoms with van der Waals surface area (Å²) in [6.45, 7) is 4.62. The second kappa shape index (κ2) is 14.9. The normalized spacial score (nSPS) is 15.9. The number of carboxylic acids is 2. The van der Waals surface area contributed by atoms with Gasteiger partial charge in [0.2, 0.25) is 0 Å². The van der Waals surface area contributed by atoms with Crippen LogP contribution in [0.15, 0.2) is 23.1 Å². The molecule has 2 rings (SSSR count). The van der Waals surface area contributed by atoms with E-state index in [2.05, 4.69) is 24.0 Å². The van der Waals surface area contributed by atoms with Crippen molar-refractivity contribution < 1.29 is 39.5 Å². The molecule has 0 heterocycles. The lowest BCUT2D eigenvalue weighted by atomic mass is 9.94. The molecule has 10 heteroatoms. The third-order valence-electron chi connectivity index (χ3n) is 5.30. The van der Waals surface area contributed by atoms with Crippen LogP contribution in [0.1, 0.15) is 39.0 Å². The Hall–Kier alpha value is -2.01. The van der Waals surface area contributed by atoms with E-state index in [9.17, 15) is 9.59 Å². The van der Waals surface area contributed by atoms with Crippen LogP contribution in [0.2, 0.25) is 0 Å². The summed E-state index contributed by atoms with van der Waals surface area (Å²) in [4.78, 5) is 23.5. The lowest BCUT2D eigenvalue weighted by molar-refractivity contribution is -0.165. The zero-order valence-electron chi connectivity index (χ0n) is 18.9. The van der Waals surface area contributed by atoms with Crippen molar-refractivity contribution >= 4 is 23.7 Å². The van der Waals surface area contributed by atoms with Crippen LogP contribution in [0, 0.1) is 0 Å². The zero-order chi connectivity index (χ0) is 24.1. The number of carbonyl (C=O) groups is 2. The molecule has 0 radical (unpaired) electrons. The Labute approximate surface area is 193 Å². The number of ether oxygens (including phenoxy) is 2. The second-order valence-corrected chi connectivity index (χ2v) is 8.52. The van der Waals surface area contributed by atoms with Crippen LogP contribution in [0.3, 0.4) is 0 Å². The number of rotatable bonds is 11. The fraction of sp³-hybridized carbons (Fsp3) is 0.636. The van der Waals surface area contributed by atoms with Crippen molar-refractivity contribution in [3.8, 4) is 11.5 Å². The molecule has 0 amide bonds. The maximum Gasteiger partial charge on any atom is 0.335 e. The van der Waals surface area contributed by atoms with Crippen molar-refractivity contribution in [2.24, 2.45) is 0 Å². The van der Waals surface area contributed by atoms with Gasteiger partial charge in [-0.15, -0.1) is 11.8 Å². The molecule has 1 saturated carbocycles. The predicted octanol–water partition coefficient (Wildman–Crippen LogP) is 2.33. The SMILES string of the molecule is CCN(CCSc1ccc(OC)c(OC)c1)C1CCCCC1.O=C(O)C(O)C(O)C(=O)O. The number of carboxylic acid groups (broad SMARTS) is 2. The Morgan fingerprint density at radius 3 is 2.06 bits per heavy atom. The van der Waals surface area contributed by atoms with E-state index >= 15 is 0 Å². The fourth-order valence-corrected chi connectivity index (χ4v) is 4.42. The molecule has 2 unspecified atom stereocenters. The third-order valence-corrected chi connectivity index (χ3v) is 6.28. The fourth-order valence-electron chi connectivity index (χ4n) is 3.50. The zero-order valence-corrected chi connectivity index (χ0v) is 19.7. The first-order chi connectivity index (χ1) is 15.2. The van der Waals surface area contributed by atoms with E-state index in [1.54, 1.807) is 14.2 Å². The van der Waals surface area contributed by atoms with E-state index in [0.717, 1.165) is 29.8 Å². The van der Waals surface area contributed by atoms with E-state index in [1.807, 2.05) is 17.8 Å². The molecule has 1 fully saturated rings. The Morgan fingerprint density at radius 2 is 1.59 bits per heavy atom. The number of benzene rings is 1. The molecule has 32 heavy (non-hydrogen) atoms. The molecule has 182 valence electrons. The Bertz CT molecular complexity index is 693. The molecule has 0 saturated heterocycles. The van der Waals surface area contributed by atoms with E-state index in [0.29, 0.717) is 0 Å². The first-order valence-corrected chi connectivity index (χ1v) is 11.6. The molecule has 9 nitrogen and oxygen atoms in total. The van der Waals surface area contributed by atoms with Gasteiger partial charge in [-0.2, -0.15) is 0 Å². The molecule has 0 spiro atoms. The summed E-state index contributed by atoms with van der Waals surface area (Å²) in [5.41, 5.74) is 0. The minimum Gasteiger partial charge on any atom is -0.493 e. The summed E-state index contributed by atoms with van der Waals surface area (Å²) in [5, 5.41) is 32.5.